The van der Waals surface area contributed by atoms with Gasteiger partial charge in [-0.2, -0.15) is 0 Å². The highest BCUT2D eigenvalue weighted by molar-refractivity contribution is 5.86. The number of piperidine rings is 1. The number of alkyl halides is 1. The molecule has 2 aliphatic rings. The average molecular weight is 319 g/mol. The molecule has 1 saturated carbocycles. The number of halogens is 1. The topological polar surface area (TPSA) is 62.3 Å². The minimum Gasteiger partial charge on any atom is -0.349 e. The van der Waals surface area contributed by atoms with E-state index in [1.807, 2.05) is 0 Å². The lowest BCUT2D eigenvalue weighted by molar-refractivity contribution is -0.146. The van der Waals surface area contributed by atoms with Crippen molar-refractivity contribution in [2.24, 2.45) is 5.92 Å². The van der Waals surface area contributed by atoms with E-state index in [0.29, 0.717) is 13.1 Å². The van der Waals surface area contributed by atoms with Gasteiger partial charge < -0.3 is 10.2 Å². The van der Waals surface area contributed by atoms with Crippen molar-refractivity contribution in [3.05, 3.63) is 30.1 Å². The molecule has 5 nitrogen and oxygen atoms in total. The van der Waals surface area contributed by atoms with Gasteiger partial charge in [-0.15, -0.1) is 0 Å². The Bertz CT molecular complexity index is 566. The minimum atomic E-state index is -1.87. The summed E-state index contributed by atoms with van der Waals surface area (Å²) in [5, 5.41) is 2.65. The van der Waals surface area contributed by atoms with Gasteiger partial charge >= 0.3 is 0 Å². The second-order valence-electron chi connectivity index (χ2n) is 6.46. The van der Waals surface area contributed by atoms with Gasteiger partial charge in [0.05, 0.1) is 0 Å². The number of aromatic nitrogens is 1. The molecule has 1 aromatic heterocycles. The van der Waals surface area contributed by atoms with Crippen molar-refractivity contribution in [1.29, 1.82) is 0 Å². The molecule has 1 aliphatic carbocycles. The first-order valence-electron chi connectivity index (χ1n) is 8.23. The molecule has 2 heterocycles. The van der Waals surface area contributed by atoms with Crippen LogP contribution in [0.5, 0.6) is 0 Å². The Labute approximate surface area is 135 Å². The Morgan fingerprint density at radius 1 is 1.26 bits per heavy atom. The van der Waals surface area contributed by atoms with E-state index in [0.717, 1.165) is 24.8 Å². The van der Waals surface area contributed by atoms with E-state index in [2.05, 4.69) is 10.3 Å². The van der Waals surface area contributed by atoms with Crippen LogP contribution in [-0.4, -0.2) is 40.5 Å². The summed E-state index contributed by atoms with van der Waals surface area (Å²) in [7, 11) is 0. The fourth-order valence-corrected chi connectivity index (χ4v) is 3.06. The van der Waals surface area contributed by atoms with Crippen molar-refractivity contribution < 1.29 is 14.0 Å². The van der Waals surface area contributed by atoms with E-state index < -0.39 is 11.6 Å². The van der Waals surface area contributed by atoms with Gasteiger partial charge in [-0.3, -0.25) is 14.6 Å². The average Bonchev–Trinajstić information content (AvgIpc) is 2.52. The lowest BCUT2D eigenvalue weighted by Crippen LogP contribution is -2.53. The number of hydrogen-bond donors (Lipinski definition) is 1. The molecule has 0 bridgehead atoms. The zero-order chi connectivity index (χ0) is 16.3. The van der Waals surface area contributed by atoms with Gasteiger partial charge in [0.1, 0.15) is 0 Å². The zero-order valence-electron chi connectivity index (χ0n) is 13.1. The monoisotopic (exact) mass is 319 g/mol. The summed E-state index contributed by atoms with van der Waals surface area (Å²) in [5.41, 5.74) is -0.988. The highest BCUT2D eigenvalue weighted by atomic mass is 19.1. The molecule has 0 unspecified atom stereocenters. The first-order valence-corrected chi connectivity index (χ1v) is 8.23. The van der Waals surface area contributed by atoms with Gasteiger partial charge in [0.2, 0.25) is 5.91 Å². The Kier molecular flexibility index (Phi) is 4.59. The van der Waals surface area contributed by atoms with Gasteiger partial charge in [-0.25, -0.2) is 4.39 Å². The first kappa shape index (κ1) is 15.9. The van der Waals surface area contributed by atoms with Crippen LogP contribution in [0.25, 0.3) is 0 Å². The Hall–Kier alpha value is -1.98. The molecule has 2 fully saturated rings. The van der Waals surface area contributed by atoms with E-state index in [-0.39, 0.29) is 31.2 Å². The second-order valence-corrected chi connectivity index (χ2v) is 6.46. The number of likely N-dealkylation sites (tertiary alicyclic amines) is 1. The maximum absolute atomic E-state index is 14.8. The van der Waals surface area contributed by atoms with Crippen LogP contribution in [0, 0.1) is 5.92 Å². The fourth-order valence-electron chi connectivity index (χ4n) is 3.06. The van der Waals surface area contributed by atoms with E-state index in [1.54, 1.807) is 29.4 Å². The Balaban J connectivity index is 1.50. The number of nitrogens with zero attached hydrogens (tertiary/aromatic N) is 2. The molecule has 1 aromatic rings. The molecule has 23 heavy (non-hydrogen) atoms. The van der Waals surface area contributed by atoms with Gasteiger partial charge in [0.15, 0.2) is 5.67 Å². The third-order valence-corrected chi connectivity index (χ3v) is 4.93. The summed E-state index contributed by atoms with van der Waals surface area (Å²) in [6.07, 6.45) is 6.43. The molecule has 1 saturated heterocycles. The van der Waals surface area contributed by atoms with Crippen molar-refractivity contribution in [1.82, 2.24) is 15.2 Å². The van der Waals surface area contributed by atoms with E-state index in [1.165, 1.54) is 0 Å². The van der Waals surface area contributed by atoms with Crippen LogP contribution in [0.4, 0.5) is 4.39 Å². The van der Waals surface area contributed by atoms with Crippen molar-refractivity contribution >= 4 is 11.8 Å². The summed E-state index contributed by atoms with van der Waals surface area (Å²) < 4.78 is 14.8. The minimum absolute atomic E-state index is 0.0770. The molecule has 2 amide bonds. The maximum atomic E-state index is 14.8. The zero-order valence-corrected chi connectivity index (χ0v) is 13.1. The summed E-state index contributed by atoms with van der Waals surface area (Å²) in [5.74, 6) is -0.317. The van der Waals surface area contributed by atoms with Crippen LogP contribution in [0.3, 0.4) is 0 Å². The molecule has 0 atom stereocenters. The largest absolute Gasteiger partial charge is 0.349 e. The Morgan fingerprint density at radius 3 is 2.48 bits per heavy atom. The lowest BCUT2D eigenvalue weighted by atomic mass is 9.83. The quantitative estimate of drug-likeness (QED) is 0.921. The number of hydrogen-bond acceptors (Lipinski definition) is 3. The van der Waals surface area contributed by atoms with Crippen LogP contribution < -0.4 is 5.32 Å². The molecule has 0 radical (unpaired) electrons. The van der Waals surface area contributed by atoms with E-state index in [9.17, 15) is 14.0 Å². The molecule has 6 heteroatoms. The Morgan fingerprint density at radius 2 is 1.91 bits per heavy atom. The predicted molar refractivity (Wildman–Crippen MR) is 83.1 cm³/mol. The summed E-state index contributed by atoms with van der Waals surface area (Å²) in [6.45, 7) is 0.945. The molecular weight excluding hydrogens is 297 g/mol. The third-order valence-electron chi connectivity index (χ3n) is 4.93. The summed E-state index contributed by atoms with van der Waals surface area (Å²) in [6, 6.07) is 3.57. The van der Waals surface area contributed by atoms with Crippen LogP contribution in [0.2, 0.25) is 0 Å². The predicted octanol–water partition coefficient (Wildman–Crippen LogP) is 1.83. The smallest absolute Gasteiger partial charge is 0.258 e. The van der Waals surface area contributed by atoms with Crippen molar-refractivity contribution in [3.8, 4) is 0 Å². The molecule has 0 aromatic carbocycles. The van der Waals surface area contributed by atoms with Gasteiger partial charge in [-0.1, -0.05) is 6.42 Å². The molecule has 124 valence electrons. The maximum Gasteiger partial charge on any atom is 0.258 e. The number of rotatable bonds is 4. The standard InChI is InChI=1S/C17H22FN3O2/c18-17(16(23)20-12-13-4-8-19-9-5-13)6-10-21(11-7-17)15(22)14-2-1-3-14/h4-5,8-9,14H,1-3,6-7,10-12H2,(H,20,23). The number of carbonyl (C=O) groups excluding carboxylic acids is 2. The number of pyridine rings is 1. The second kappa shape index (κ2) is 6.64. The summed E-state index contributed by atoms with van der Waals surface area (Å²) >= 11 is 0. The lowest BCUT2D eigenvalue weighted by Gasteiger charge is -2.38. The van der Waals surface area contributed by atoms with Gasteiger partial charge in [0, 0.05) is 50.8 Å². The third kappa shape index (κ3) is 3.51. The van der Waals surface area contributed by atoms with Crippen molar-refractivity contribution in [3.63, 3.8) is 0 Å². The van der Waals surface area contributed by atoms with Crippen LogP contribution in [0.15, 0.2) is 24.5 Å². The number of carbonyl (C=O) groups is 2. The van der Waals surface area contributed by atoms with Gasteiger partial charge in [-0.05, 0) is 30.5 Å². The molecule has 0 spiro atoms. The molecule has 1 N–H and O–H groups in total. The number of amides is 2. The number of nitrogens with one attached hydrogen (secondary N) is 1. The normalized spacial score (nSPS) is 20.7. The SMILES string of the molecule is O=C(C1CCC1)N1CCC(F)(C(=O)NCc2ccncc2)CC1. The molecule has 1 aliphatic heterocycles. The first-order chi connectivity index (χ1) is 11.1. The highest BCUT2D eigenvalue weighted by Crippen LogP contribution is 2.32. The van der Waals surface area contributed by atoms with Gasteiger partial charge in [0.25, 0.3) is 5.91 Å². The fraction of sp³-hybridized carbons (Fsp3) is 0.588. The summed E-state index contributed by atoms with van der Waals surface area (Å²) in [4.78, 5) is 30.0. The van der Waals surface area contributed by atoms with E-state index >= 15 is 0 Å². The van der Waals surface area contributed by atoms with Crippen LogP contribution >= 0.6 is 0 Å². The van der Waals surface area contributed by atoms with Crippen molar-refractivity contribution in [2.45, 2.75) is 44.3 Å². The molecule has 3 rings (SSSR count). The highest BCUT2D eigenvalue weighted by Gasteiger charge is 2.43. The van der Waals surface area contributed by atoms with Crippen molar-refractivity contribution in [2.75, 3.05) is 13.1 Å². The van der Waals surface area contributed by atoms with Crippen LogP contribution in [-0.2, 0) is 16.1 Å². The van der Waals surface area contributed by atoms with Crippen LogP contribution in [0.1, 0.15) is 37.7 Å². The van der Waals surface area contributed by atoms with E-state index in [4.69, 9.17) is 0 Å². The molecular formula is C17H22FN3O2.